The van der Waals surface area contributed by atoms with E-state index in [1.165, 1.54) is 0 Å². The van der Waals surface area contributed by atoms with Crippen LogP contribution < -0.4 is 10.5 Å². The maximum Gasteiger partial charge on any atom is 0.269 e. The Morgan fingerprint density at radius 1 is 1.35 bits per heavy atom. The van der Waals surface area contributed by atoms with Crippen molar-refractivity contribution in [1.29, 1.82) is 0 Å². The normalized spacial score (nSPS) is 13.5. The number of hydrogen-bond donors (Lipinski definition) is 1. The molecule has 0 fully saturated rings. The van der Waals surface area contributed by atoms with Gasteiger partial charge in [0, 0.05) is 24.1 Å². The molecule has 1 aromatic heterocycles. The summed E-state index contributed by atoms with van der Waals surface area (Å²) in [6.07, 6.45) is 0. The number of nitrogens with zero attached hydrogens (tertiary/aromatic N) is 2. The zero-order valence-electron chi connectivity index (χ0n) is 9.62. The number of H-pyrrole nitrogens is 1. The van der Waals surface area contributed by atoms with E-state index >= 15 is 0 Å². The predicted octanol–water partition coefficient (Wildman–Crippen LogP) is 2.09. The molecule has 2 heterocycles. The molecule has 0 saturated carbocycles. The lowest BCUT2D eigenvalue weighted by atomic mass is 10.0. The van der Waals surface area contributed by atoms with Crippen LogP contribution >= 0.6 is 15.9 Å². The average Bonchev–Trinajstić information content (AvgIpc) is 2.54. The zero-order chi connectivity index (χ0) is 12.2. The highest BCUT2D eigenvalue weighted by atomic mass is 79.9. The summed E-state index contributed by atoms with van der Waals surface area (Å²) in [6, 6.07) is 6.05. The van der Waals surface area contributed by atoms with Gasteiger partial charge in [0.15, 0.2) is 0 Å². The van der Waals surface area contributed by atoms with Gasteiger partial charge < -0.3 is 4.90 Å². The van der Waals surface area contributed by atoms with Crippen molar-refractivity contribution >= 4 is 21.6 Å². The number of hydrogen-bond acceptors (Lipinski definition) is 2. The van der Waals surface area contributed by atoms with E-state index in [2.05, 4.69) is 25.9 Å². The van der Waals surface area contributed by atoms with Gasteiger partial charge in [0.25, 0.3) is 5.56 Å². The molecule has 5 heteroatoms. The molecule has 0 radical (unpaired) electrons. The van der Waals surface area contributed by atoms with Gasteiger partial charge >= 0.3 is 0 Å². The van der Waals surface area contributed by atoms with Gasteiger partial charge in [-0.15, -0.1) is 0 Å². The first-order valence-corrected chi connectivity index (χ1v) is 6.17. The summed E-state index contributed by atoms with van der Waals surface area (Å²) in [5, 5.41) is 2.82. The number of para-hydroxylation sites is 1. The van der Waals surface area contributed by atoms with Crippen LogP contribution in [0, 0.1) is 0 Å². The minimum absolute atomic E-state index is 0.0000227. The van der Waals surface area contributed by atoms with E-state index in [1.807, 2.05) is 32.3 Å². The van der Waals surface area contributed by atoms with Gasteiger partial charge in [-0.1, -0.05) is 12.1 Å². The van der Waals surface area contributed by atoms with E-state index in [1.54, 1.807) is 4.68 Å². The monoisotopic (exact) mass is 293 g/mol. The molecule has 0 amide bonds. The number of anilines is 1. The Balaban J connectivity index is 2.41. The third-order valence-electron chi connectivity index (χ3n) is 3.18. The summed E-state index contributed by atoms with van der Waals surface area (Å²) >= 11 is 3.57. The molecule has 17 heavy (non-hydrogen) atoms. The van der Waals surface area contributed by atoms with Crippen molar-refractivity contribution in [1.82, 2.24) is 9.78 Å². The van der Waals surface area contributed by atoms with Crippen LogP contribution in [-0.2, 0) is 13.6 Å². The second kappa shape index (κ2) is 3.50. The minimum atomic E-state index is -0.0000227. The molecule has 3 rings (SSSR count). The van der Waals surface area contributed by atoms with Crippen molar-refractivity contribution in [2.75, 3.05) is 11.9 Å². The number of benzene rings is 1. The molecule has 1 N–H and O–H groups in total. The molecule has 0 spiro atoms. The molecule has 0 saturated heterocycles. The predicted molar refractivity (Wildman–Crippen MR) is 71.3 cm³/mol. The fraction of sp³-hybridized carbons (Fsp3) is 0.250. The Morgan fingerprint density at radius 3 is 2.88 bits per heavy atom. The summed E-state index contributed by atoms with van der Waals surface area (Å²) < 4.78 is 2.85. The van der Waals surface area contributed by atoms with Crippen molar-refractivity contribution in [2.24, 2.45) is 7.05 Å². The number of fused-ring (bicyclic) bond motifs is 3. The number of aryl methyl sites for hydroxylation is 1. The Hall–Kier alpha value is -1.49. The Morgan fingerprint density at radius 2 is 2.12 bits per heavy atom. The van der Waals surface area contributed by atoms with E-state index < -0.39 is 0 Å². The van der Waals surface area contributed by atoms with E-state index in [-0.39, 0.29) is 5.56 Å². The highest BCUT2D eigenvalue weighted by Crippen LogP contribution is 2.41. The first-order valence-electron chi connectivity index (χ1n) is 5.37. The third-order valence-corrected chi connectivity index (χ3v) is 3.82. The second-order valence-corrected chi connectivity index (χ2v) is 5.17. The topological polar surface area (TPSA) is 41.0 Å². The summed E-state index contributed by atoms with van der Waals surface area (Å²) in [4.78, 5) is 13.9. The van der Waals surface area contributed by atoms with E-state index in [9.17, 15) is 4.79 Å². The number of halogens is 1. The van der Waals surface area contributed by atoms with Crippen LogP contribution in [-0.4, -0.2) is 16.8 Å². The average molecular weight is 294 g/mol. The standard InChI is InChI=1S/C12H12BrN3O/c1-15-6-8-10(16(2)14-12(8)17)7-4-3-5-9(13)11(7)15/h3-5H,6H2,1-2H3,(H,14,17). The fourth-order valence-electron chi connectivity index (χ4n) is 2.49. The SMILES string of the molecule is CN1Cc2c(n(C)[nH]c2=O)-c2cccc(Br)c21. The van der Waals surface area contributed by atoms with Crippen LogP contribution in [0.25, 0.3) is 11.3 Å². The number of aromatic amines is 1. The van der Waals surface area contributed by atoms with Gasteiger partial charge in [-0.25, -0.2) is 0 Å². The molecule has 4 nitrogen and oxygen atoms in total. The number of rotatable bonds is 0. The Bertz CT molecular complexity index is 656. The van der Waals surface area contributed by atoms with E-state index in [0.717, 1.165) is 27.0 Å². The fourth-order valence-corrected chi connectivity index (χ4v) is 3.16. The quantitative estimate of drug-likeness (QED) is 0.808. The molecular weight excluding hydrogens is 282 g/mol. The van der Waals surface area contributed by atoms with Crippen molar-refractivity contribution < 1.29 is 0 Å². The minimum Gasteiger partial charge on any atom is -0.369 e. The maximum atomic E-state index is 11.8. The lowest BCUT2D eigenvalue weighted by Gasteiger charge is -2.28. The van der Waals surface area contributed by atoms with Crippen LogP contribution in [0.1, 0.15) is 5.56 Å². The van der Waals surface area contributed by atoms with Gasteiger partial charge in [0.05, 0.1) is 23.5 Å². The van der Waals surface area contributed by atoms with Gasteiger partial charge in [-0.2, -0.15) is 0 Å². The molecule has 1 aliphatic heterocycles. The zero-order valence-corrected chi connectivity index (χ0v) is 11.2. The van der Waals surface area contributed by atoms with Crippen LogP contribution in [0.2, 0.25) is 0 Å². The summed E-state index contributed by atoms with van der Waals surface area (Å²) in [5.74, 6) is 0. The van der Waals surface area contributed by atoms with Gasteiger partial charge in [0.1, 0.15) is 0 Å². The molecule has 2 aromatic rings. The van der Waals surface area contributed by atoms with Crippen molar-refractivity contribution in [3.63, 3.8) is 0 Å². The lowest BCUT2D eigenvalue weighted by Crippen LogP contribution is -2.25. The van der Waals surface area contributed by atoms with Crippen molar-refractivity contribution in [3.8, 4) is 11.3 Å². The number of nitrogens with one attached hydrogen (secondary N) is 1. The van der Waals surface area contributed by atoms with Crippen LogP contribution in [0.5, 0.6) is 0 Å². The van der Waals surface area contributed by atoms with Gasteiger partial charge in [0.2, 0.25) is 0 Å². The van der Waals surface area contributed by atoms with E-state index in [4.69, 9.17) is 0 Å². The molecule has 1 aliphatic rings. The second-order valence-electron chi connectivity index (χ2n) is 4.32. The van der Waals surface area contributed by atoms with Gasteiger partial charge in [-0.3, -0.25) is 14.6 Å². The molecule has 88 valence electrons. The number of aromatic nitrogens is 2. The Labute approximate surface area is 107 Å². The summed E-state index contributed by atoms with van der Waals surface area (Å²) in [7, 11) is 3.87. The van der Waals surface area contributed by atoms with Crippen molar-refractivity contribution in [2.45, 2.75) is 6.54 Å². The van der Waals surface area contributed by atoms with Crippen LogP contribution in [0.3, 0.4) is 0 Å². The first-order chi connectivity index (χ1) is 8.09. The maximum absolute atomic E-state index is 11.8. The molecule has 0 bridgehead atoms. The smallest absolute Gasteiger partial charge is 0.269 e. The van der Waals surface area contributed by atoms with E-state index in [0.29, 0.717) is 6.54 Å². The molecular formula is C12H12BrN3O. The lowest BCUT2D eigenvalue weighted by molar-refractivity contribution is 0.762. The highest BCUT2D eigenvalue weighted by molar-refractivity contribution is 9.10. The van der Waals surface area contributed by atoms with Crippen LogP contribution in [0.4, 0.5) is 5.69 Å². The highest BCUT2D eigenvalue weighted by Gasteiger charge is 2.26. The largest absolute Gasteiger partial charge is 0.369 e. The van der Waals surface area contributed by atoms with Gasteiger partial charge in [-0.05, 0) is 22.0 Å². The van der Waals surface area contributed by atoms with Crippen LogP contribution in [0.15, 0.2) is 27.5 Å². The molecule has 0 unspecified atom stereocenters. The summed E-state index contributed by atoms with van der Waals surface area (Å²) in [6.45, 7) is 0.640. The molecule has 0 atom stereocenters. The first kappa shape index (κ1) is 10.7. The Kier molecular flexibility index (Phi) is 2.19. The third kappa shape index (κ3) is 1.38. The van der Waals surface area contributed by atoms with Crippen molar-refractivity contribution in [3.05, 3.63) is 38.6 Å². The summed E-state index contributed by atoms with van der Waals surface area (Å²) in [5.41, 5.74) is 4.04. The molecule has 0 aliphatic carbocycles. The molecule has 1 aromatic carbocycles.